The molecule has 1 fully saturated rings. The van der Waals surface area contributed by atoms with Gasteiger partial charge in [0.05, 0.1) is 23.9 Å². The molecule has 9 heteroatoms. The fourth-order valence-electron chi connectivity index (χ4n) is 3.17. The lowest BCUT2D eigenvalue weighted by Gasteiger charge is -2.13. The largest absolute Gasteiger partial charge is 0.417 e. The summed E-state index contributed by atoms with van der Waals surface area (Å²) >= 11 is 0. The van der Waals surface area contributed by atoms with Gasteiger partial charge in [0, 0.05) is 30.6 Å². The monoisotopic (exact) mass is 401 g/mol. The maximum Gasteiger partial charge on any atom is 0.417 e. The van der Waals surface area contributed by atoms with E-state index in [4.69, 9.17) is 0 Å². The Morgan fingerprint density at radius 2 is 1.97 bits per heavy atom. The van der Waals surface area contributed by atoms with Crippen LogP contribution in [0.4, 0.5) is 13.2 Å². The van der Waals surface area contributed by atoms with Crippen molar-refractivity contribution in [3.8, 4) is 11.4 Å². The predicted molar refractivity (Wildman–Crippen MR) is 99.0 cm³/mol. The van der Waals surface area contributed by atoms with E-state index in [1.54, 1.807) is 23.3 Å². The topological polar surface area (TPSA) is 72.7 Å². The van der Waals surface area contributed by atoms with Crippen LogP contribution in [0.2, 0.25) is 0 Å². The normalized spacial score (nSPS) is 14.0. The first-order valence-corrected chi connectivity index (χ1v) is 9.22. The molecule has 0 saturated heterocycles. The van der Waals surface area contributed by atoms with E-state index in [0.717, 1.165) is 24.6 Å². The van der Waals surface area contributed by atoms with E-state index in [0.29, 0.717) is 23.9 Å². The van der Waals surface area contributed by atoms with Crippen LogP contribution in [0.25, 0.3) is 11.4 Å². The summed E-state index contributed by atoms with van der Waals surface area (Å²) in [4.78, 5) is 20.6. The Kier molecular flexibility index (Phi) is 5.04. The van der Waals surface area contributed by atoms with Crippen molar-refractivity contribution >= 4 is 5.91 Å². The Bertz CT molecular complexity index is 1010. The van der Waals surface area contributed by atoms with Gasteiger partial charge in [-0.3, -0.25) is 19.4 Å². The Morgan fingerprint density at radius 1 is 1.17 bits per heavy atom. The van der Waals surface area contributed by atoms with Crippen molar-refractivity contribution in [2.45, 2.75) is 31.5 Å². The molecule has 1 aliphatic carbocycles. The number of halogens is 3. The molecule has 0 aliphatic heterocycles. The number of carbonyl (C=O) groups is 1. The molecule has 4 rings (SSSR count). The SMILES string of the molecule is O=C(NCCn1nc(-c2cnccn2)cc1C1CC1)c1ccccc1C(F)(F)F. The van der Waals surface area contributed by atoms with Crippen molar-refractivity contribution in [3.63, 3.8) is 0 Å². The quantitative estimate of drug-likeness (QED) is 0.684. The van der Waals surface area contributed by atoms with E-state index in [1.807, 2.05) is 6.07 Å². The summed E-state index contributed by atoms with van der Waals surface area (Å²) in [5.74, 6) is -0.346. The number of alkyl halides is 3. The molecule has 6 nitrogen and oxygen atoms in total. The lowest BCUT2D eigenvalue weighted by molar-refractivity contribution is -0.137. The van der Waals surface area contributed by atoms with E-state index in [2.05, 4.69) is 20.4 Å². The number of hydrogen-bond donors (Lipinski definition) is 1. The molecule has 150 valence electrons. The maximum absolute atomic E-state index is 13.1. The van der Waals surface area contributed by atoms with Gasteiger partial charge in [-0.1, -0.05) is 12.1 Å². The first-order chi connectivity index (χ1) is 13.9. The lowest BCUT2D eigenvalue weighted by atomic mass is 10.1. The van der Waals surface area contributed by atoms with Gasteiger partial charge in [-0.25, -0.2) is 0 Å². The first kappa shape index (κ1) is 19.1. The molecule has 3 aromatic rings. The Balaban J connectivity index is 1.46. The van der Waals surface area contributed by atoms with Gasteiger partial charge < -0.3 is 5.32 Å². The molecule has 29 heavy (non-hydrogen) atoms. The summed E-state index contributed by atoms with van der Waals surface area (Å²) in [6, 6.07) is 6.71. The van der Waals surface area contributed by atoms with Crippen LogP contribution in [0.3, 0.4) is 0 Å². The Hall–Kier alpha value is -3.23. The number of amides is 1. The predicted octanol–water partition coefficient (Wildman–Crippen LogP) is 3.67. The molecule has 1 N–H and O–H groups in total. The average Bonchev–Trinajstić information content (AvgIpc) is 3.48. The second-order valence-electron chi connectivity index (χ2n) is 6.84. The minimum absolute atomic E-state index is 0.159. The fraction of sp³-hybridized carbons (Fsp3) is 0.300. The molecule has 1 aliphatic rings. The minimum Gasteiger partial charge on any atom is -0.350 e. The van der Waals surface area contributed by atoms with Gasteiger partial charge in [0.15, 0.2) is 0 Å². The van der Waals surface area contributed by atoms with Gasteiger partial charge in [0.1, 0.15) is 11.4 Å². The summed E-state index contributed by atoms with van der Waals surface area (Å²) in [6.07, 6.45) is 2.34. The third kappa shape index (κ3) is 4.28. The molecule has 0 bridgehead atoms. The summed E-state index contributed by atoms with van der Waals surface area (Å²) < 4.78 is 41.1. The van der Waals surface area contributed by atoms with Gasteiger partial charge in [0.2, 0.25) is 0 Å². The number of nitrogens with one attached hydrogen (secondary N) is 1. The number of carbonyl (C=O) groups excluding carboxylic acids is 1. The van der Waals surface area contributed by atoms with Gasteiger partial charge in [-0.2, -0.15) is 18.3 Å². The number of aromatic nitrogens is 4. The number of benzene rings is 1. The van der Waals surface area contributed by atoms with E-state index in [9.17, 15) is 18.0 Å². The van der Waals surface area contributed by atoms with Gasteiger partial charge >= 0.3 is 6.18 Å². The summed E-state index contributed by atoms with van der Waals surface area (Å²) in [5, 5.41) is 7.12. The molecule has 1 amide bonds. The van der Waals surface area contributed by atoms with Gasteiger partial charge in [0.25, 0.3) is 5.91 Å². The molecule has 0 radical (unpaired) electrons. The highest BCUT2D eigenvalue weighted by atomic mass is 19.4. The standard InChI is InChI=1S/C20H18F3N5O/c21-20(22,23)15-4-2-1-3-14(15)19(29)26-9-10-28-18(13-5-6-13)11-16(27-28)17-12-24-7-8-25-17/h1-4,7-8,11-13H,5-6,9-10H2,(H,26,29). The third-order valence-corrected chi connectivity index (χ3v) is 4.72. The van der Waals surface area contributed by atoms with Crippen LogP contribution >= 0.6 is 0 Å². The molecule has 2 aromatic heterocycles. The highest BCUT2D eigenvalue weighted by molar-refractivity contribution is 5.95. The van der Waals surface area contributed by atoms with Crippen molar-refractivity contribution in [2.75, 3.05) is 6.54 Å². The number of nitrogens with zero attached hydrogens (tertiary/aromatic N) is 4. The maximum atomic E-state index is 13.1. The molecule has 1 aromatic carbocycles. The molecule has 0 spiro atoms. The van der Waals surface area contributed by atoms with E-state index >= 15 is 0 Å². The van der Waals surface area contributed by atoms with Crippen molar-refractivity contribution in [2.24, 2.45) is 0 Å². The van der Waals surface area contributed by atoms with Crippen LogP contribution in [0.1, 0.15) is 40.4 Å². The van der Waals surface area contributed by atoms with Crippen LogP contribution < -0.4 is 5.32 Å². The molecule has 2 heterocycles. The highest BCUT2D eigenvalue weighted by Gasteiger charge is 2.34. The second-order valence-corrected chi connectivity index (χ2v) is 6.84. The molecular formula is C20H18F3N5O. The summed E-state index contributed by atoms with van der Waals surface area (Å²) in [6.45, 7) is 0.512. The highest BCUT2D eigenvalue weighted by Crippen LogP contribution is 2.41. The Morgan fingerprint density at radius 3 is 2.66 bits per heavy atom. The van der Waals surface area contributed by atoms with Crippen LogP contribution in [0, 0.1) is 0 Å². The van der Waals surface area contributed by atoms with Gasteiger partial charge in [-0.05, 0) is 31.0 Å². The molecular weight excluding hydrogens is 383 g/mol. The van der Waals surface area contributed by atoms with Crippen molar-refractivity contribution in [1.29, 1.82) is 0 Å². The lowest BCUT2D eigenvalue weighted by Crippen LogP contribution is -2.29. The van der Waals surface area contributed by atoms with Crippen LogP contribution in [-0.4, -0.2) is 32.2 Å². The van der Waals surface area contributed by atoms with Crippen molar-refractivity contribution in [1.82, 2.24) is 25.1 Å². The number of rotatable bonds is 6. The van der Waals surface area contributed by atoms with Gasteiger partial charge in [-0.15, -0.1) is 0 Å². The minimum atomic E-state index is -4.58. The van der Waals surface area contributed by atoms with Crippen molar-refractivity contribution < 1.29 is 18.0 Å². The third-order valence-electron chi connectivity index (χ3n) is 4.72. The van der Waals surface area contributed by atoms with E-state index in [1.165, 1.54) is 18.2 Å². The molecule has 1 saturated carbocycles. The molecule has 0 unspecified atom stereocenters. The zero-order chi connectivity index (χ0) is 20.4. The molecule has 0 atom stereocenters. The van der Waals surface area contributed by atoms with Crippen LogP contribution in [-0.2, 0) is 12.7 Å². The summed E-state index contributed by atoms with van der Waals surface area (Å²) in [5.41, 5.74) is 1.05. The van der Waals surface area contributed by atoms with Crippen LogP contribution in [0.15, 0.2) is 48.9 Å². The second kappa shape index (κ2) is 7.65. The first-order valence-electron chi connectivity index (χ1n) is 9.22. The van der Waals surface area contributed by atoms with Crippen molar-refractivity contribution in [3.05, 3.63) is 65.7 Å². The smallest absolute Gasteiger partial charge is 0.350 e. The van der Waals surface area contributed by atoms with E-state index in [-0.39, 0.29) is 12.1 Å². The Labute approximate surface area is 164 Å². The number of hydrogen-bond acceptors (Lipinski definition) is 4. The van der Waals surface area contributed by atoms with E-state index < -0.39 is 17.6 Å². The fourth-order valence-corrected chi connectivity index (χ4v) is 3.17. The van der Waals surface area contributed by atoms with Crippen LogP contribution in [0.5, 0.6) is 0 Å². The average molecular weight is 401 g/mol. The zero-order valence-electron chi connectivity index (χ0n) is 15.4. The summed E-state index contributed by atoms with van der Waals surface area (Å²) in [7, 11) is 0. The zero-order valence-corrected chi connectivity index (χ0v) is 15.4.